The summed E-state index contributed by atoms with van der Waals surface area (Å²) >= 11 is 0. The van der Waals surface area contributed by atoms with Crippen molar-refractivity contribution >= 4 is 11.8 Å². The summed E-state index contributed by atoms with van der Waals surface area (Å²) in [5.41, 5.74) is 2.21. The number of hydrogen-bond acceptors (Lipinski definition) is 3. The van der Waals surface area contributed by atoms with Crippen LogP contribution in [0.4, 0.5) is 39.5 Å². The van der Waals surface area contributed by atoms with E-state index in [0.717, 1.165) is 57.8 Å². The van der Waals surface area contributed by atoms with Gasteiger partial charge in [-0.2, -0.15) is 39.5 Å². The molecule has 1 aromatic rings. The third-order valence-corrected chi connectivity index (χ3v) is 11.6. The van der Waals surface area contributed by atoms with E-state index < -0.39 is 55.1 Å². The number of phenolic OH excluding ortho intramolecular Hbond substituents is 1. The number of alkyl halides is 9. The summed E-state index contributed by atoms with van der Waals surface area (Å²) in [6.45, 7) is 2.13. The Morgan fingerprint density at radius 3 is 2.17 bits per heavy atom. The monoisotopic (exact) mass is 700 g/mol. The van der Waals surface area contributed by atoms with Crippen LogP contribution in [0.5, 0.6) is 5.75 Å². The predicted molar refractivity (Wildman–Crippen MR) is 159 cm³/mol. The summed E-state index contributed by atoms with van der Waals surface area (Å²) in [6.07, 6.45) is -0.607. The molecule has 3 aliphatic rings. The molecular formula is C35H45F9O4. The first-order valence-corrected chi connectivity index (χ1v) is 17.0. The Kier molecular flexibility index (Phi) is 11.5. The number of hydrogen-bond donors (Lipinski definition) is 2. The first-order chi connectivity index (χ1) is 22.2. The number of carbonyl (C=O) groups excluding carboxylic acids is 1. The second kappa shape index (κ2) is 14.4. The van der Waals surface area contributed by atoms with Crippen LogP contribution in [0, 0.1) is 29.1 Å². The van der Waals surface area contributed by atoms with Crippen LogP contribution >= 0.6 is 0 Å². The average Bonchev–Trinajstić information content (AvgIpc) is 3.29. The summed E-state index contributed by atoms with van der Waals surface area (Å²) in [5, 5.41) is 19.5. The van der Waals surface area contributed by atoms with Crippen LogP contribution in [0.25, 0.3) is 0 Å². The van der Waals surface area contributed by atoms with Gasteiger partial charge in [0.25, 0.3) is 0 Å². The molecule has 2 saturated carbocycles. The molecule has 0 heterocycles. The van der Waals surface area contributed by atoms with E-state index in [1.54, 1.807) is 6.07 Å². The molecule has 4 nitrogen and oxygen atoms in total. The molecule has 0 spiro atoms. The van der Waals surface area contributed by atoms with Gasteiger partial charge in [0.15, 0.2) is 0 Å². The third kappa shape index (κ3) is 7.49. The van der Waals surface area contributed by atoms with Gasteiger partial charge in [0.1, 0.15) is 11.5 Å². The lowest BCUT2D eigenvalue weighted by Crippen LogP contribution is -2.60. The first-order valence-electron chi connectivity index (χ1n) is 17.0. The van der Waals surface area contributed by atoms with E-state index in [4.69, 9.17) is 0 Å². The van der Waals surface area contributed by atoms with Gasteiger partial charge in [-0.15, -0.1) is 0 Å². The Morgan fingerprint density at radius 2 is 1.52 bits per heavy atom. The molecule has 0 aromatic heterocycles. The third-order valence-electron chi connectivity index (χ3n) is 11.6. The van der Waals surface area contributed by atoms with Gasteiger partial charge in [0, 0.05) is 18.3 Å². The van der Waals surface area contributed by atoms with Gasteiger partial charge in [-0.1, -0.05) is 51.5 Å². The second-order valence-corrected chi connectivity index (χ2v) is 14.5. The van der Waals surface area contributed by atoms with Crippen LogP contribution in [0.3, 0.4) is 0 Å². The van der Waals surface area contributed by atoms with Crippen LogP contribution in [0.15, 0.2) is 18.2 Å². The fourth-order valence-corrected chi connectivity index (χ4v) is 8.86. The Hall–Kier alpha value is -2.47. The summed E-state index contributed by atoms with van der Waals surface area (Å²) < 4.78 is 118. The SMILES string of the molecule is C[C@]12CC[C@@H]3c4ccc(O)cc4C[C@@H](CCCCCCCC[C@H](CCCC(F)(F)C(F)(F)C(F)(F)C(F)(F)F)C(=O)O)[C@H]3[C@@H]1CCC2=O. The molecule has 0 amide bonds. The van der Waals surface area contributed by atoms with Crippen LogP contribution in [0.2, 0.25) is 0 Å². The number of fused-ring (bicyclic) bond motifs is 5. The molecule has 6 atom stereocenters. The smallest absolute Gasteiger partial charge is 0.460 e. The number of aromatic hydroxyl groups is 1. The number of carbonyl (C=O) groups is 2. The number of benzene rings is 1. The van der Waals surface area contributed by atoms with Gasteiger partial charge in [0.05, 0.1) is 5.92 Å². The van der Waals surface area contributed by atoms with E-state index in [0.29, 0.717) is 48.7 Å². The van der Waals surface area contributed by atoms with Crippen molar-refractivity contribution in [1.82, 2.24) is 0 Å². The van der Waals surface area contributed by atoms with Crippen LogP contribution in [-0.4, -0.2) is 45.9 Å². The van der Waals surface area contributed by atoms with Crippen molar-refractivity contribution < 1.29 is 59.3 Å². The molecule has 2 N–H and O–H groups in total. The van der Waals surface area contributed by atoms with E-state index in [1.165, 1.54) is 11.1 Å². The molecule has 4 rings (SSSR count). The Morgan fingerprint density at radius 1 is 0.896 bits per heavy atom. The highest BCUT2D eigenvalue weighted by molar-refractivity contribution is 5.87. The van der Waals surface area contributed by atoms with Gasteiger partial charge in [-0.3, -0.25) is 9.59 Å². The van der Waals surface area contributed by atoms with Crippen molar-refractivity contribution in [3.63, 3.8) is 0 Å². The summed E-state index contributed by atoms with van der Waals surface area (Å²) in [5.74, 6) is -19.8. The van der Waals surface area contributed by atoms with E-state index >= 15 is 0 Å². The standard InChI is InChI=1S/C35H45F9O4/c1-31-18-16-26-25-13-12-24(45)20-23(25)19-22(29(26)27(31)14-15-28(31)46)10-7-5-3-2-4-6-9-21(30(47)48)11-8-17-32(36,37)33(38,39)34(40,41)35(42,43)44/h12-13,20-22,26-27,29,45H,2-11,14-19H2,1H3,(H,47,48)/t21-,22-,26-,27+,29-,31+/m1/s1. The minimum absolute atomic E-state index is 0.0340. The van der Waals surface area contributed by atoms with Crippen molar-refractivity contribution in [2.45, 2.75) is 140 Å². The molecule has 0 radical (unpaired) electrons. The highest BCUT2D eigenvalue weighted by atomic mass is 19.4. The number of Topliss-reactive ketones (excluding diaryl/α,β-unsaturated/α-hetero) is 1. The lowest BCUT2D eigenvalue weighted by Gasteiger charge is -2.51. The molecule has 48 heavy (non-hydrogen) atoms. The van der Waals surface area contributed by atoms with Crippen molar-refractivity contribution in [2.75, 3.05) is 0 Å². The summed E-state index contributed by atoms with van der Waals surface area (Å²) in [7, 11) is 0. The first kappa shape index (κ1) is 38.3. The van der Waals surface area contributed by atoms with Crippen LogP contribution in [-0.2, 0) is 16.0 Å². The molecule has 272 valence electrons. The number of unbranched alkanes of at least 4 members (excludes halogenated alkanes) is 5. The minimum Gasteiger partial charge on any atom is -0.508 e. The number of rotatable bonds is 16. The molecule has 2 fully saturated rings. The van der Waals surface area contributed by atoms with Gasteiger partial charge < -0.3 is 10.2 Å². The van der Waals surface area contributed by atoms with Crippen molar-refractivity contribution in [3.05, 3.63) is 29.3 Å². The average molecular weight is 701 g/mol. The van der Waals surface area contributed by atoms with Gasteiger partial charge in [-0.25, -0.2) is 0 Å². The number of carboxylic acid groups (broad SMARTS) is 1. The molecule has 0 saturated heterocycles. The quantitative estimate of drug-likeness (QED) is 0.133. The molecule has 0 unspecified atom stereocenters. The molecule has 13 heteroatoms. The van der Waals surface area contributed by atoms with E-state index in [2.05, 4.69) is 6.92 Å². The Balaban J connectivity index is 1.21. The van der Waals surface area contributed by atoms with Crippen LogP contribution < -0.4 is 0 Å². The van der Waals surface area contributed by atoms with Crippen molar-refractivity contribution in [2.24, 2.45) is 29.1 Å². The Labute approximate surface area is 274 Å². The van der Waals surface area contributed by atoms with E-state index in [-0.39, 0.29) is 17.6 Å². The maximum Gasteiger partial charge on any atom is 0.460 e. The van der Waals surface area contributed by atoms with E-state index in [9.17, 15) is 59.3 Å². The minimum atomic E-state index is -6.95. The second-order valence-electron chi connectivity index (χ2n) is 14.5. The normalized spacial score (nSPS) is 26.9. The summed E-state index contributed by atoms with van der Waals surface area (Å²) in [4.78, 5) is 24.4. The lowest BCUT2D eigenvalue weighted by atomic mass is 9.52. The fraction of sp³-hybridized carbons (Fsp3) is 0.771. The molecule has 3 aliphatic carbocycles. The zero-order valence-electron chi connectivity index (χ0n) is 27.0. The predicted octanol–water partition coefficient (Wildman–Crippen LogP) is 10.5. The molecule has 1 aromatic carbocycles. The van der Waals surface area contributed by atoms with Gasteiger partial charge in [0.2, 0.25) is 0 Å². The zero-order chi connectivity index (χ0) is 35.7. The zero-order valence-corrected chi connectivity index (χ0v) is 27.0. The van der Waals surface area contributed by atoms with Crippen molar-refractivity contribution in [3.8, 4) is 5.75 Å². The topological polar surface area (TPSA) is 74.6 Å². The fourth-order valence-electron chi connectivity index (χ4n) is 8.86. The number of halogens is 9. The highest BCUT2D eigenvalue weighted by Crippen LogP contribution is 2.62. The number of aliphatic carboxylic acids is 1. The largest absolute Gasteiger partial charge is 0.508 e. The van der Waals surface area contributed by atoms with Gasteiger partial charge >= 0.3 is 29.9 Å². The number of carboxylic acids is 1. The highest BCUT2D eigenvalue weighted by Gasteiger charge is 2.81. The Bertz CT molecular complexity index is 1300. The number of phenols is 1. The molecule has 0 aliphatic heterocycles. The van der Waals surface area contributed by atoms with E-state index in [1.807, 2.05) is 12.1 Å². The summed E-state index contributed by atoms with van der Waals surface area (Å²) in [6, 6.07) is 5.65. The molecule has 0 bridgehead atoms. The van der Waals surface area contributed by atoms with Crippen LogP contribution in [0.1, 0.15) is 120 Å². The number of ketones is 1. The van der Waals surface area contributed by atoms with Crippen molar-refractivity contribution in [1.29, 1.82) is 0 Å². The van der Waals surface area contributed by atoms with Gasteiger partial charge in [-0.05, 0) is 98.3 Å². The maximum atomic E-state index is 13.8. The maximum absolute atomic E-state index is 13.8. The lowest BCUT2D eigenvalue weighted by molar-refractivity contribution is -0.396. The molecular weight excluding hydrogens is 655 g/mol.